The molecule has 0 saturated carbocycles. The second kappa shape index (κ2) is 49.6. The summed E-state index contributed by atoms with van der Waals surface area (Å²) in [5.74, 6) is -18.5. The number of aromatic nitrogens is 4. The standard InChI is InChI=1S/C91H126N20O21S/c1-9-11-22-71-85(126)102-65(34-50(3)4)82(123)106-70(81(122)97-44-76(93)116)47-133-48-77(117)99-67(35-52-25-27-57(113)28-26-52)87(128)107(6)51(5)79(120)100-64(31-32-92)89(130)110-33-17-24-72(110)86(127)103-66(39-56-43-94-49-98-56)83(124)101-63(29-30-78(118)119)90(131)111-45-58(114)40-74(111)75(115)38-53(36-54-41-95-61-20-15-13-18-59(54)61)80(121)105-69(46-112)84(125)104-68(37-55-42-96-62-21-16-14-19-60(55)62)88(129)109(8)73(23-12-10-2)91(132)108(71)7/h13-16,18-21,25-28,41-43,49-51,53,58,63-74,95-96,112-114H,9-12,17,22-24,29-40,44-48,92H2,1-8H3,(H2,93,116)(H,94,98)(H,97,122)(H,99,117)(H,100,120)(H,101,124)(H,102,126)(H,103,127)(H,104,125)(H,105,121)(H,106,123)(H,118,119)/t51-,53+,58+,63-,64-,65-,66-,67-,68-,69-,70-,71-,72-,73-,74-/m0/s1. The van der Waals surface area contributed by atoms with Crippen molar-refractivity contribution in [2.45, 2.75) is 235 Å². The van der Waals surface area contributed by atoms with Crippen LogP contribution in [0, 0.1) is 11.8 Å². The van der Waals surface area contributed by atoms with Crippen LogP contribution in [0.1, 0.15) is 147 Å². The molecule has 3 aromatic carbocycles. The van der Waals surface area contributed by atoms with E-state index in [9.17, 15) is 63.6 Å². The minimum atomic E-state index is -1.87. The molecule has 3 saturated heterocycles. The first-order valence-corrected chi connectivity index (χ1v) is 46.2. The van der Waals surface area contributed by atoms with E-state index in [-0.39, 0.29) is 100 Å². The van der Waals surface area contributed by atoms with Crippen LogP contribution in [0.15, 0.2) is 97.7 Å². The smallest absolute Gasteiger partial charge is 0.303 e. The maximum atomic E-state index is 15.7. The number of carboxylic acid groups (broad SMARTS) is 1. The normalized spacial score (nSPS) is 25.1. The third kappa shape index (κ3) is 28.6. The highest BCUT2D eigenvalue weighted by molar-refractivity contribution is 8.00. The number of imidazole rings is 1. The molecule has 3 fully saturated rings. The number of nitrogens with two attached hydrogens (primary N) is 2. The Hall–Kier alpha value is -12.8. The zero-order chi connectivity index (χ0) is 97.0. The fourth-order valence-electron chi connectivity index (χ4n) is 16.8. The average molecular weight is 1870 g/mol. The molecule has 42 heteroatoms. The summed E-state index contributed by atoms with van der Waals surface area (Å²) in [4.78, 5) is 268. The number of hydrogen-bond acceptors (Lipinski definition) is 23. The third-order valence-electron chi connectivity index (χ3n) is 24.3. The van der Waals surface area contributed by atoms with Crippen molar-refractivity contribution in [1.82, 2.24) is 92.3 Å². The van der Waals surface area contributed by atoms with Crippen molar-refractivity contribution in [2.75, 3.05) is 65.4 Å². The molecule has 0 aliphatic carbocycles. The molecule has 15 atom stereocenters. The molecule has 41 nitrogen and oxygen atoms in total. The number of rotatable bonds is 25. The third-order valence-corrected chi connectivity index (χ3v) is 25.4. The molecule has 6 aromatic rings. The molecule has 3 aliphatic heterocycles. The van der Waals surface area contributed by atoms with Crippen molar-refractivity contribution < 1.29 is 102 Å². The van der Waals surface area contributed by atoms with Crippen molar-refractivity contribution in [1.29, 1.82) is 0 Å². The van der Waals surface area contributed by atoms with Gasteiger partial charge in [-0.3, -0.25) is 81.5 Å². The number of phenols is 1. The van der Waals surface area contributed by atoms with Gasteiger partial charge in [0.2, 0.25) is 88.6 Å². The van der Waals surface area contributed by atoms with Gasteiger partial charge < -0.3 is 119 Å². The van der Waals surface area contributed by atoms with E-state index in [1.165, 1.54) is 74.7 Å². The molecule has 133 heavy (non-hydrogen) atoms. The molecule has 3 aromatic heterocycles. The summed E-state index contributed by atoms with van der Waals surface area (Å²) >= 11 is 0.810. The zero-order valence-electron chi connectivity index (χ0n) is 76.1. The lowest BCUT2D eigenvalue weighted by Gasteiger charge is -2.36. The Morgan fingerprint density at radius 3 is 1.77 bits per heavy atom. The fraction of sp³-hybridized carbons (Fsp3) is 0.538. The number of Topliss-reactive ketones (excluding diaryl/α,β-unsaturated/α-hetero) is 1. The van der Waals surface area contributed by atoms with Gasteiger partial charge in [0.25, 0.3) is 0 Å². The van der Waals surface area contributed by atoms with E-state index >= 15 is 38.4 Å². The van der Waals surface area contributed by atoms with Gasteiger partial charge in [0.1, 0.15) is 78.3 Å². The highest BCUT2D eigenvalue weighted by Crippen LogP contribution is 2.30. The van der Waals surface area contributed by atoms with E-state index < -0.39 is 242 Å². The van der Waals surface area contributed by atoms with Crippen LogP contribution in [-0.4, -0.2) is 315 Å². The first kappa shape index (κ1) is 104. The monoisotopic (exact) mass is 1870 g/mol. The van der Waals surface area contributed by atoms with Gasteiger partial charge in [-0.15, -0.1) is 11.8 Å². The molecule has 9 rings (SSSR count). The first-order valence-electron chi connectivity index (χ1n) is 45.0. The SMILES string of the molecule is CCCC[C@H]1C(=O)N(C)[C@@H](CCCC)C(=O)N[C@@H](CC(C)C)C(=O)N[C@H](C(=O)NCC(N)=O)CSCC(=O)N[C@@H](Cc2ccc(O)cc2)C(=O)N(C)[C@@H](C)C(=O)N[C@@H](CCN)C(=O)N2CCC[C@H]2C(=O)N[C@@H](Cc2c[nH]cn2)C(=O)N[C@@H](CCC(=O)O)C(=O)N2C[C@H](O)C[C@H]2C(=O)C[C@@H](Cc2c[nH]c3ccccc23)C(=O)N[C@@H](CO)C(=O)N[C@@H](Cc2c[nH]c3ccccc23)C(=O)N1C. The number of aromatic amines is 3. The Morgan fingerprint density at radius 2 is 1.15 bits per heavy atom. The lowest BCUT2D eigenvalue weighted by atomic mass is 9.90. The van der Waals surface area contributed by atoms with Gasteiger partial charge in [-0.25, -0.2) is 4.98 Å². The number of primary amides is 1. The summed E-state index contributed by atoms with van der Waals surface area (Å²) in [7, 11) is 4.00. The number of benzene rings is 3. The van der Waals surface area contributed by atoms with Crippen molar-refractivity contribution in [3.8, 4) is 5.75 Å². The second-order valence-electron chi connectivity index (χ2n) is 34.6. The lowest BCUT2D eigenvalue weighted by molar-refractivity contribution is -0.149. The maximum Gasteiger partial charge on any atom is 0.303 e. The topological polar surface area (TPSA) is 608 Å². The van der Waals surface area contributed by atoms with Crippen molar-refractivity contribution in [2.24, 2.45) is 23.3 Å². The number of hydrogen-bond donors (Lipinski definition) is 18. The van der Waals surface area contributed by atoms with E-state index in [1.807, 2.05) is 13.8 Å². The highest BCUT2D eigenvalue weighted by Gasteiger charge is 2.47. The largest absolute Gasteiger partial charge is 0.508 e. The molecule has 0 spiro atoms. The number of carboxylic acids is 1. The number of aliphatic carboxylic acids is 1. The number of likely N-dealkylation sites (N-methyl/N-ethyl adjacent to an activating group) is 3. The molecule has 6 heterocycles. The van der Waals surface area contributed by atoms with Crippen LogP contribution < -0.4 is 59.3 Å². The Morgan fingerprint density at radius 1 is 0.586 bits per heavy atom. The van der Waals surface area contributed by atoms with Gasteiger partial charge in [0.05, 0.1) is 43.1 Å². The predicted octanol–water partition coefficient (Wildman–Crippen LogP) is -0.763. The molecular weight excluding hydrogens is 1740 g/mol. The molecular formula is C91H126N20O21S. The summed E-state index contributed by atoms with van der Waals surface area (Å²) in [6.45, 7) is 6.02. The Balaban J connectivity index is 1.09. The number of amides is 15. The van der Waals surface area contributed by atoms with Gasteiger partial charge in [0, 0.05) is 125 Å². The summed E-state index contributed by atoms with van der Waals surface area (Å²) in [6.07, 6.45) is 2.72. The van der Waals surface area contributed by atoms with Crippen molar-refractivity contribution in [3.63, 3.8) is 0 Å². The first-order chi connectivity index (χ1) is 63.4. The number of aliphatic hydroxyl groups excluding tert-OH is 2. The number of nitrogens with one attached hydrogen (secondary N) is 12. The number of carbonyl (C=O) groups excluding carboxylic acids is 16. The summed E-state index contributed by atoms with van der Waals surface area (Å²) in [5, 5.41) is 68.2. The van der Waals surface area contributed by atoms with E-state index in [0.29, 0.717) is 64.2 Å². The number of fused-ring (bicyclic) bond motifs is 4. The Labute approximate surface area is 773 Å². The molecule has 0 bridgehead atoms. The molecule has 3 aliphatic rings. The zero-order valence-corrected chi connectivity index (χ0v) is 76.9. The number of unbranched alkanes of at least 4 members (excludes halogenated alkanes) is 2. The van der Waals surface area contributed by atoms with Crippen LogP contribution in [0.2, 0.25) is 0 Å². The molecule has 20 N–H and O–H groups in total. The predicted molar refractivity (Wildman–Crippen MR) is 489 cm³/mol. The second-order valence-corrected chi connectivity index (χ2v) is 35.7. The molecule has 15 amide bonds. The summed E-state index contributed by atoms with van der Waals surface area (Å²) < 4.78 is 0. The van der Waals surface area contributed by atoms with Crippen molar-refractivity contribution >= 4 is 134 Å². The van der Waals surface area contributed by atoms with E-state index in [0.717, 1.165) is 26.5 Å². The number of phenolic OH excluding ortho intramolecular Hbond substituents is 1. The van der Waals surface area contributed by atoms with Gasteiger partial charge >= 0.3 is 5.97 Å². The minimum Gasteiger partial charge on any atom is -0.508 e. The van der Waals surface area contributed by atoms with Crippen molar-refractivity contribution in [3.05, 3.63) is 120 Å². The van der Waals surface area contributed by atoms with Crippen LogP contribution in [0.4, 0.5) is 0 Å². The maximum absolute atomic E-state index is 15.7. The highest BCUT2D eigenvalue weighted by atomic mass is 32.2. The quantitative estimate of drug-likeness (QED) is 0.0335. The van der Waals surface area contributed by atoms with Crippen LogP contribution in [-0.2, 0) is 107 Å². The number of aliphatic hydroxyl groups is 2. The lowest BCUT2D eigenvalue weighted by Crippen LogP contribution is -2.61. The van der Waals surface area contributed by atoms with E-state index in [2.05, 4.69) is 67.8 Å². The van der Waals surface area contributed by atoms with Gasteiger partial charge in [-0.1, -0.05) is 102 Å². The Kier molecular flexibility index (Phi) is 38.7. The number of carbonyl (C=O) groups is 17. The van der Waals surface area contributed by atoms with E-state index in [1.54, 1.807) is 74.8 Å². The number of aromatic hydroxyl groups is 1. The molecule has 722 valence electrons. The van der Waals surface area contributed by atoms with Crippen LogP contribution in [0.5, 0.6) is 5.75 Å². The van der Waals surface area contributed by atoms with Gasteiger partial charge in [-0.05, 0) is 112 Å². The average Bonchev–Trinajstić information content (AvgIpc) is 1.72. The number of H-pyrrole nitrogens is 3. The fourth-order valence-corrected chi connectivity index (χ4v) is 17.7. The van der Waals surface area contributed by atoms with Crippen LogP contribution in [0.25, 0.3) is 21.8 Å². The molecule has 0 radical (unpaired) electrons. The summed E-state index contributed by atoms with van der Waals surface area (Å²) in [5.41, 5.74) is 14.5. The Bertz CT molecular complexity index is 5110. The van der Waals surface area contributed by atoms with Gasteiger partial charge in [0.15, 0.2) is 5.78 Å². The molecule has 0 unspecified atom stereocenters. The van der Waals surface area contributed by atoms with Crippen LogP contribution >= 0.6 is 11.8 Å². The van der Waals surface area contributed by atoms with E-state index in [4.69, 9.17) is 11.5 Å². The number of nitrogens with zero attached hydrogens (tertiary/aromatic N) is 6. The number of thioether (sulfide) groups is 1. The number of para-hydroxylation sites is 2. The summed E-state index contributed by atoms with van der Waals surface area (Å²) in [6, 6.07) is 0.0503. The van der Waals surface area contributed by atoms with Crippen LogP contribution in [0.3, 0.4) is 0 Å². The van der Waals surface area contributed by atoms with Gasteiger partial charge in [-0.2, -0.15) is 0 Å². The minimum absolute atomic E-state index is 0.0130. The number of ketones is 1.